The summed E-state index contributed by atoms with van der Waals surface area (Å²) in [4.78, 5) is 14.0. The molecular weight excluding hydrogens is 258 g/mol. The zero-order valence-electron chi connectivity index (χ0n) is 13.0. The summed E-state index contributed by atoms with van der Waals surface area (Å²) in [6.07, 6.45) is 3.19. The number of carbonyl (C=O) groups is 1. The maximum Gasteiger partial charge on any atom is 0.238 e. The Morgan fingerprint density at radius 1 is 1.30 bits per heavy atom. The van der Waals surface area contributed by atoms with E-state index in [1.165, 1.54) is 0 Å². The fourth-order valence-electron chi connectivity index (χ4n) is 2.24. The number of carbonyl (C=O) groups excluding carboxylic acids is 1. The Bertz CT molecular complexity index is 297. The quantitative estimate of drug-likeness (QED) is 0.493. The summed E-state index contributed by atoms with van der Waals surface area (Å²) in [7, 11) is 3.38. The van der Waals surface area contributed by atoms with Crippen LogP contribution in [-0.2, 0) is 14.3 Å². The molecule has 6 heteroatoms. The van der Waals surface area contributed by atoms with Crippen molar-refractivity contribution in [2.24, 2.45) is 5.73 Å². The largest absolute Gasteiger partial charge is 0.385 e. The van der Waals surface area contributed by atoms with Gasteiger partial charge in [-0.3, -0.25) is 15.0 Å². The monoisotopic (exact) mass is 287 g/mol. The Hall–Kier alpha value is -0.690. The third-order valence-corrected chi connectivity index (χ3v) is 3.62. The van der Waals surface area contributed by atoms with Crippen LogP contribution in [-0.4, -0.2) is 69.5 Å². The molecule has 0 aromatic carbocycles. The van der Waals surface area contributed by atoms with E-state index in [9.17, 15) is 4.79 Å². The normalized spacial score (nSPS) is 18.2. The Morgan fingerprint density at radius 2 is 1.95 bits per heavy atom. The molecule has 118 valence electrons. The summed E-state index contributed by atoms with van der Waals surface area (Å²) in [6.45, 7) is 5.51. The molecule has 0 saturated heterocycles. The zero-order valence-corrected chi connectivity index (χ0v) is 13.0. The Labute approximate surface area is 122 Å². The molecule has 0 aromatic rings. The second kappa shape index (κ2) is 8.56. The molecule has 1 amide bonds. The average molecular weight is 287 g/mol. The van der Waals surface area contributed by atoms with Crippen LogP contribution >= 0.6 is 0 Å². The van der Waals surface area contributed by atoms with Crippen LogP contribution in [0, 0.1) is 0 Å². The van der Waals surface area contributed by atoms with Crippen LogP contribution in [0.3, 0.4) is 0 Å². The topological polar surface area (TPSA) is 76.8 Å². The first-order valence-electron chi connectivity index (χ1n) is 7.29. The summed E-state index contributed by atoms with van der Waals surface area (Å²) in [5.41, 5.74) is 4.92. The predicted octanol–water partition coefficient (Wildman–Crippen LogP) is -0.0327. The van der Waals surface area contributed by atoms with E-state index in [2.05, 4.69) is 10.2 Å². The minimum Gasteiger partial charge on any atom is -0.385 e. The van der Waals surface area contributed by atoms with Crippen LogP contribution < -0.4 is 11.1 Å². The van der Waals surface area contributed by atoms with Crippen molar-refractivity contribution < 1.29 is 14.3 Å². The van der Waals surface area contributed by atoms with Gasteiger partial charge in [0.1, 0.15) is 5.54 Å². The zero-order chi connectivity index (χ0) is 15.0. The van der Waals surface area contributed by atoms with E-state index in [1.54, 1.807) is 14.2 Å². The molecule has 0 bridgehead atoms. The van der Waals surface area contributed by atoms with E-state index in [0.717, 1.165) is 32.4 Å². The SMILES string of the molecule is COCCCN(CCOC)CC(C)(NC1CC1)C(N)=O. The summed E-state index contributed by atoms with van der Waals surface area (Å²) in [6, 6.07) is 0.441. The lowest BCUT2D eigenvalue weighted by atomic mass is 10.00. The Kier molecular flexibility index (Phi) is 7.43. The lowest BCUT2D eigenvalue weighted by molar-refractivity contribution is -0.124. The third kappa shape index (κ3) is 6.17. The minimum absolute atomic E-state index is 0.293. The van der Waals surface area contributed by atoms with Gasteiger partial charge >= 0.3 is 0 Å². The number of nitrogens with two attached hydrogens (primary N) is 1. The smallest absolute Gasteiger partial charge is 0.238 e. The van der Waals surface area contributed by atoms with E-state index in [0.29, 0.717) is 25.8 Å². The Balaban J connectivity index is 2.54. The number of ether oxygens (including phenoxy) is 2. The molecule has 1 aliphatic carbocycles. The van der Waals surface area contributed by atoms with Gasteiger partial charge in [-0.15, -0.1) is 0 Å². The second-order valence-corrected chi connectivity index (χ2v) is 5.73. The van der Waals surface area contributed by atoms with Crippen LogP contribution in [0.25, 0.3) is 0 Å². The number of nitrogens with zero attached hydrogens (tertiary/aromatic N) is 1. The van der Waals surface area contributed by atoms with Crippen molar-refractivity contribution in [3.8, 4) is 0 Å². The van der Waals surface area contributed by atoms with Gasteiger partial charge < -0.3 is 15.2 Å². The molecule has 1 unspecified atom stereocenters. The van der Waals surface area contributed by atoms with Crippen LogP contribution in [0.15, 0.2) is 0 Å². The van der Waals surface area contributed by atoms with Gasteiger partial charge in [0.15, 0.2) is 0 Å². The molecule has 1 aliphatic rings. The highest BCUT2D eigenvalue weighted by molar-refractivity contribution is 5.84. The van der Waals surface area contributed by atoms with Gasteiger partial charge in [0.2, 0.25) is 5.91 Å². The first kappa shape index (κ1) is 17.4. The van der Waals surface area contributed by atoms with Gasteiger partial charge in [0.05, 0.1) is 6.61 Å². The van der Waals surface area contributed by atoms with Crippen molar-refractivity contribution in [2.45, 2.75) is 37.8 Å². The summed E-state index contributed by atoms with van der Waals surface area (Å²) >= 11 is 0. The molecule has 0 aromatic heterocycles. The number of methoxy groups -OCH3 is 2. The maximum absolute atomic E-state index is 11.8. The average Bonchev–Trinajstić information content (AvgIpc) is 3.19. The number of amides is 1. The van der Waals surface area contributed by atoms with Gasteiger partial charge in [-0.1, -0.05) is 0 Å². The van der Waals surface area contributed by atoms with Crippen LogP contribution in [0.1, 0.15) is 26.2 Å². The van der Waals surface area contributed by atoms with Crippen molar-refractivity contribution in [3.05, 3.63) is 0 Å². The fourth-order valence-corrected chi connectivity index (χ4v) is 2.24. The lowest BCUT2D eigenvalue weighted by Gasteiger charge is -2.34. The van der Waals surface area contributed by atoms with Crippen LogP contribution in [0.5, 0.6) is 0 Å². The van der Waals surface area contributed by atoms with Crippen molar-refractivity contribution in [3.63, 3.8) is 0 Å². The second-order valence-electron chi connectivity index (χ2n) is 5.73. The van der Waals surface area contributed by atoms with E-state index in [1.807, 2.05) is 6.92 Å². The first-order chi connectivity index (χ1) is 9.51. The molecule has 6 nitrogen and oxygen atoms in total. The van der Waals surface area contributed by atoms with E-state index >= 15 is 0 Å². The molecule has 1 rings (SSSR count). The fraction of sp³-hybridized carbons (Fsp3) is 0.929. The maximum atomic E-state index is 11.8. The highest BCUT2D eigenvalue weighted by atomic mass is 16.5. The summed E-state index contributed by atoms with van der Waals surface area (Å²) in [5, 5.41) is 3.38. The molecule has 0 aliphatic heterocycles. The Morgan fingerprint density at radius 3 is 2.45 bits per heavy atom. The van der Waals surface area contributed by atoms with Crippen molar-refractivity contribution in [1.82, 2.24) is 10.2 Å². The van der Waals surface area contributed by atoms with Gasteiger partial charge in [-0.05, 0) is 26.2 Å². The van der Waals surface area contributed by atoms with Gasteiger partial charge in [-0.25, -0.2) is 0 Å². The number of primary amides is 1. The number of rotatable bonds is 12. The van der Waals surface area contributed by atoms with Crippen molar-refractivity contribution >= 4 is 5.91 Å². The van der Waals surface area contributed by atoms with Crippen molar-refractivity contribution in [2.75, 3.05) is 47.1 Å². The highest BCUT2D eigenvalue weighted by Gasteiger charge is 2.38. The van der Waals surface area contributed by atoms with E-state index in [4.69, 9.17) is 15.2 Å². The molecule has 3 N–H and O–H groups in total. The van der Waals surface area contributed by atoms with Gasteiger partial charge in [-0.2, -0.15) is 0 Å². The lowest BCUT2D eigenvalue weighted by Crippen LogP contribution is -2.60. The number of hydrogen-bond donors (Lipinski definition) is 2. The van der Waals surface area contributed by atoms with Gasteiger partial charge in [0, 0.05) is 46.5 Å². The van der Waals surface area contributed by atoms with Crippen molar-refractivity contribution in [1.29, 1.82) is 0 Å². The molecular formula is C14H29N3O3. The molecule has 1 fully saturated rings. The minimum atomic E-state index is -0.679. The number of nitrogens with one attached hydrogen (secondary N) is 1. The van der Waals surface area contributed by atoms with Crippen LogP contribution in [0.4, 0.5) is 0 Å². The van der Waals surface area contributed by atoms with E-state index < -0.39 is 5.54 Å². The molecule has 20 heavy (non-hydrogen) atoms. The molecule has 1 saturated carbocycles. The van der Waals surface area contributed by atoms with Gasteiger partial charge in [0.25, 0.3) is 0 Å². The predicted molar refractivity (Wildman–Crippen MR) is 78.6 cm³/mol. The standard InChI is InChI=1S/C14H29N3O3/c1-14(13(15)18,16-12-5-6-12)11-17(8-10-20-3)7-4-9-19-2/h12,16H,4-11H2,1-3H3,(H2,15,18). The first-order valence-corrected chi connectivity index (χ1v) is 7.29. The van der Waals surface area contributed by atoms with Crippen LogP contribution in [0.2, 0.25) is 0 Å². The molecule has 0 spiro atoms. The summed E-state index contributed by atoms with van der Waals surface area (Å²) < 4.78 is 10.2. The molecule has 0 radical (unpaired) electrons. The molecule has 1 atom stereocenters. The summed E-state index contributed by atoms with van der Waals surface area (Å²) in [5.74, 6) is -0.293. The van der Waals surface area contributed by atoms with E-state index in [-0.39, 0.29) is 5.91 Å². The molecule has 0 heterocycles. The number of hydrogen-bond acceptors (Lipinski definition) is 5. The highest BCUT2D eigenvalue weighted by Crippen LogP contribution is 2.23. The third-order valence-electron chi connectivity index (χ3n) is 3.62.